The van der Waals surface area contributed by atoms with E-state index >= 15 is 13.2 Å². The molecule has 466 valence electrons. The molecule has 3 aliphatic rings. The van der Waals surface area contributed by atoms with Gasteiger partial charge in [0.25, 0.3) is 0 Å². The molecule has 0 amide bonds. The molecule has 2 aromatic carbocycles. The first-order chi connectivity index (χ1) is 41.5. The second-order valence-electron chi connectivity index (χ2n) is 22.6. The number of fused-ring (bicyclic) bond motifs is 2. The molecule has 6 aromatic rings. The summed E-state index contributed by atoms with van der Waals surface area (Å²) >= 11 is 0. The molecule has 0 fully saturated rings. The fraction of sp³-hybridized carbons (Fsp3) is 0.468. The lowest BCUT2D eigenvalue weighted by atomic mass is 9.81. The summed E-state index contributed by atoms with van der Waals surface area (Å²) in [5, 5.41) is 36.5. The van der Waals surface area contributed by atoms with Gasteiger partial charge in [0.05, 0.1) is 64.9 Å². The number of rotatable bonds is 26. The van der Waals surface area contributed by atoms with Gasteiger partial charge in [-0.3, -0.25) is 9.59 Å². The van der Waals surface area contributed by atoms with E-state index in [2.05, 4.69) is 31.6 Å². The number of esters is 1. The first-order valence-corrected chi connectivity index (χ1v) is 28.7. The molecule has 0 saturated carbocycles. The van der Waals surface area contributed by atoms with E-state index in [0.29, 0.717) is 51.9 Å². The predicted molar refractivity (Wildman–Crippen MR) is 307 cm³/mol. The number of nitrogens with zero attached hydrogens (tertiary/aromatic N) is 6. The van der Waals surface area contributed by atoms with E-state index in [4.69, 9.17) is 33.7 Å². The van der Waals surface area contributed by atoms with Gasteiger partial charge in [-0.15, -0.1) is 0 Å². The monoisotopic (exact) mass is 1220 g/mol. The number of hydrogen-bond donors (Lipinski definition) is 4. The molecule has 4 atom stereocenters. The second-order valence-corrected chi connectivity index (χ2v) is 22.6. The van der Waals surface area contributed by atoms with Crippen molar-refractivity contribution in [2.24, 2.45) is 13.0 Å². The summed E-state index contributed by atoms with van der Waals surface area (Å²) < 4.78 is 125. The van der Waals surface area contributed by atoms with Gasteiger partial charge in [-0.25, -0.2) is 24.1 Å². The third-order valence-corrected chi connectivity index (χ3v) is 15.9. The summed E-state index contributed by atoms with van der Waals surface area (Å²) in [5.74, 6) is -6.00. The van der Waals surface area contributed by atoms with Crippen LogP contribution in [0.15, 0.2) is 78.9 Å². The maximum absolute atomic E-state index is 16.4. The molecule has 4 unspecified atom stereocenters. The number of methoxy groups -OCH3 is 2. The number of carboxylic acid groups (broad SMARTS) is 2. The summed E-state index contributed by atoms with van der Waals surface area (Å²) in [6, 6.07) is 17.7. The lowest BCUT2D eigenvalue weighted by Gasteiger charge is -2.34. The molecule has 9 rings (SSSR count). The summed E-state index contributed by atoms with van der Waals surface area (Å²) in [6.07, 6.45) is -5.53. The maximum atomic E-state index is 16.4. The number of ether oxygens (including phenoxy) is 6. The molecule has 4 aromatic heterocycles. The van der Waals surface area contributed by atoms with Crippen molar-refractivity contribution in [1.29, 1.82) is 0 Å². The van der Waals surface area contributed by atoms with Gasteiger partial charge in [0.15, 0.2) is 6.04 Å². The van der Waals surface area contributed by atoms with E-state index in [0.717, 1.165) is 60.5 Å². The van der Waals surface area contributed by atoms with Gasteiger partial charge in [-0.1, -0.05) is 50.3 Å². The number of aliphatic carboxylic acids is 2. The van der Waals surface area contributed by atoms with Crippen LogP contribution in [0.3, 0.4) is 0 Å². The van der Waals surface area contributed by atoms with Crippen LogP contribution in [0.2, 0.25) is 0 Å². The summed E-state index contributed by atoms with van der Waals surface area (Å²) in [4.78, 5) is 46.5. The Bertz CT molecular complexity index is 3470. The van der Waals surface area contributed by atoms with Crippen molar-refractivity contribution >= 4 is 35.1 Å². The van der Waals surface area contributed by atoms with Gasteiger partial charge in [0, 0.05) is 79.7 Å². The number of aromatic nitrogens is 6. The Hall–Kier alpha value is -8.35. The molecule has 3 aliphatic heterocycles. The van der Waals surface area contributed by atoms with Gasteiger partial charge < -0.3 is 49.3 Å². The number of nitrogens with one attached hydrogen (secondary N) is 2. The zero-order valence-electron chi connectivity index (χ0n) is 48.9. The Kier molecular flexibility index (Phi) is 19.7. The number of aryl methyl sites for hydroxylation is 3. The topological polar surface area (TPSA) is 233 Å². The number of halogens is 6. The van der Waals surface area contributed by atoms with Crippen LogP contribution in [0.25, 0.3) is 5.57 Å². The Balaban J connectivity index is 1.04. The summed E-state index contributed by atoms with van der Waals surface area (Å²) in [6.45, 7) is 3.53. The zero-order valence-corrected chi connectivity index (χ0v) is 48.9. The molecule has 4 N–H and O–H groups in total. The highest BCUT2D eigenvalue weighted by atomic mass is 19.4. The highest BCUT2D eigenvalue weighted by Crippen LogP contribution is 2.47. The van der Waals surface area contributed by atoms with Crippen LogP contribution in [0.5, 0.6) is 23.3 Å². The zero-order chi connectivity index (χ0) is 62.2. The largest absolute Gasteiger partial charge is 0.496 e. The van der Waals surface area contributed by atoms with Crippen LogP contribution in [0, 0.1) is 5.92 Å². The van der Waals surface area contributed by atoms with Gasteiger partial charge in [0.2, 0.25) is 11.8 Å². The molecule has 0 aliphatic carbocycles. The molecule has 0 saturated heterocycles. The van der Waals surface area contributed by atoms with E-state index < -0.39 is 85.5 Å². The smallest absolute Gasteiger partial charge is 0.490 e. The van der Waals surface area contributed by atoms with Crippen molar-refractivity contribution < 1.29 is 79.4 Å². The van der Waals surface area contributed by atoms with Gasteiger partial charge in [-0.2, -0.15) is 36.5 Å². The number of carbonyl (C=O) groups excluding carboxylic acids is 1. The Morgan fingerprint density at radius 1 is 0.713 bits per heavy atom. The lowest BCUT2D eigenvalue weighted by Crippen LogP contribution is -2.38. The fourth-order valence-electron chi connectivity index (χ4n) is 11.5. The van der Waals surface area contributed by atoms with E-state index in [1.807, 2.05) is 18.2 Å². The first-order valence-electron chi connectivity index (χ1n) is 28.7. The van der Waals surface area contributed by atoms with E-state index in [9.17, 15) is 37.8 Å². The average molecular weight is 1220 g/mol. The Morgan fingerprint density at radius 2 is 1.26 bits per heavy atom. The molecular weight excluding hydrogens is 1150 g/mol. The first kappa shape index (κ1) is 63.2. The minimum absolute atomic E-state index is 0.00928. The van der Waals surface area contributed by atoms with Crippen LogP contribution >= 0.6 is 0 Å². The van der Waals surface area contributed by atoms with E-state index in [-0.39, 0.29) is 67.5 Å². The van der Waals surface area contributed by atoms with Gasteiger partial charge in [0.1, 0.15) is 29.7 Å². The minimum atomic E-state index is -5.25. The SMILES string of the molecule is COc1ccc(C2=CCOCC2C(n2nc(CC(CC(=O)O)c3cc(C(C)(C)COC(=O)C(F)(F)F)ccc3OC)cc2OCCc2ccc3c(n2)NCCC3)C(F)(F)F)cc1C(CC(=O)O)Cc1cc(OCCc2ccc3c(n2)NCCC3)n(C)n1. The predicted octanol–water partition coefficient (Wildman–Crippen LogP) is 10.2. The molecule has 0 bridgehead atoms. The number of hydrogen-bond acceptors (Lipinski definition) is 15. The number of pyridine rings is 2. The summed E-state index contributed by atoms with van der Waals surface area (Å²) in [7, 11) is 4.44. The molecule has 19 nitrogen and oxygen atoms in total. The maximum Gasteiger partial charge on any atom is 0.490 e. The highest BCUT2D eigenvalue weighted by molar-refractivity contribution is 5.76. The summed E-state index contributed by atoms with van der Waals surface area (Å²) in [5.41, 5.74) is 4.42. The molecule has 0 radical (unpaired) electrons. The Morgan fingerprint density at radius 3 is 1.83 bits per heavy atom. The molecular formula is C62H70F6N8O11. The molecule has 0 spiro atoms. The van der Waals surface area contributed by atoms with Crippen molar-refractivity contribution in [3.63, 3.8) is 0 Å². The van der Waals surface area contributed by atoms with Crippen LogP contribution in [0.1, 0.15) is 114 Å². The fourth-order valence-corrected chi connectivity index (χ4v) is 11.5. The van der Waals surface area contributed by atoms with E-state index in [1.165, 1.54) is 64.0 Å². The quantitative estimate of drug-likeness (QED) is 0.0292. The second kappa shape index (κ2) is 27.1. The molecule has 25 heteroatoms. The van der Waals surface area contributed by atoms with Crippen molar-refractivity contribution in [3.05, 3.63) is 135 Å². The third-order valence-electron chi connectivity index (χ3n) is 15.9. The number of carboxylic acids is 2. The number of carbonyl (C=O) groups is 3. The van der Waals surface area contributed by atoms with Crippen molar-refractivity contribution in [2.75, 3.05) is 71.0 Å². The number of benzene rings is 2. The van der Waals surface area contributed by atoms with Crippen LogP contribution < -0.4 is 29.6 Å². The van der Waals surface area contributed by atoms with Crippen LogP contribution in [-0.2, 0) is 74.8 Å². The third kappa shape index (κ3) is 15.6. The van der Waals surface area contributed by atoms with Crippen LogP contribution in [-0.4, -0.2) is 130 Å². The van der Waals surface area contributed by atoms with Gasteiger partial charge >= 0.3 is 30.3 Å². The molecule has 7 heterocycles. The number of alkyl halides is 6. The minimum Gasteiger partial charge on any atom is -0.496 e. The van der Waals surface area contributed by atoms with E-state index in [1.54, 1.807) is 36.0 Å². The number of anilines is 2. The van der Waals surface area contributed by atoms with Gasteiger partial charge in [-0.05, 0) is 108 Å². The lowest BCUT2D eigenvalue weighted by molar-refractivity contribution is -0.201. The van der Waals surface area contributed by atoms with Crippen molar-refractivity contribution in [1.82, 2.24) is 29.5 Å². The average Bonchev–Trinajstić information content (AvgIpc) is 1.86. The standard InChI is InChI=1S/C62H70F6N8O11/c1-60(2,35-87-59(81)62(66,67)68)41-13-17-51(83-5)48(31-41)40(30-55(79)80)27-45-33-53(86-25-19-43-15-11-37-9-7-22-70-58(37)72-43)76(74-45)56(61(63,64)65)49-34-84-23-20-46(49)38-12-16-50(82-4)47(28-38)39(29-54(77)78)26-44-32-52(75(3)73-44)85-24-18-42-14-10-36-8-6-21-69-57(36)71-42/h10-17,20,28,31-33,39-40,49,56H,6-9,18-19,21-27,29-30,34-35H2,1-5H3,(H,69,71)(H,70,72)(H,77,78)(H,79,80). The normalized spacial score (nSPS) is 16.2. The van der Waals surface area contributed by atoms with Crippen LogP contribution in [0.4, 0.5) is 38.0 Å². The van der Waals surface area contributed by atoms with Crippen molar-refractivity contribution in [3.8, 4) is 23.3 Å². The van der Waals surface area contributed by atoms with Crippen molar-refractivity contribution in [2.45, 2.75) is 114 Å². The highest BCUT2D eigenvalue weighted by Gasteiger charge is 2.50. The molecule has 87 heavy (non-hydrogen) atoms. The Labute approximate surface area is 498 Å².